The van der Waals surface area contributed by atoms with Gasteiger partial charge in [-0.15, -0.1) is 0 Å². The topological polar surface area (TPSA) is 95.5 Å². The first-order valence-electron chi connectivity index (χ1n) is 11.1. The highest BCUT2D eigenvalue weighted by Crippen LogP contribution is 2.35. The second-order valence-electron chi connectivity index (χ2n) is 7.80. The van der Waals surface area contributed by atoms with Crippen LogP contribution in [0, 0.1) is 20.2 Å². The minimum absolute atomic E-state index is 0.0610. The molecule has 0 aliphatic carbocycles. The van der Waals surface area contributed by atoms with Gasteiger partial charge in [-0.05, 0) is 48.2 Å². The Morgan fingerprint density at radius 1 is 0.677 bits per heavy atom. The van der Waals surface area contributed by atoms with Crippen LogP contribution < -0.4 is 0 Å². The lowest BCUT2D eigenvalue weighted by atomic mass is 9.99. The van der Waals surface area contributed by atoms with Crippen LogP contribution in [0.4, 0.5) is 11.4 Å². The Hall–Kier alpha value is -2.80. The fraction of sp³-hybridized carbons (Fsp3) is 0.500. The summed E-state index contributed by atoms with van der Waals surface area (Å²) in [4.78, 5) is 21.2. The largest absolute Gasteiger partial charge is 0.366 e. The number of ether oxygens (including phenoxy) is 1. The fourth-order valence-corrected chi connectivity index (χ4v) is 3.61. The van der Waals surface area contributed by atoms with Crippen molar-refractivity contribution in [3.05, 3.63) is 79.9 Å². The standard InChI is InChI=1S/C24H32N2O5/c1-3-5-7-9-23(19-11-15-21(16-12-19)25(27)28)31-24(10-8-6-4-2)20-13-17-22(18-14-20)26(29)30/h11-18,23-24H,3-10H2,1-2H3. The lowest BCUT2D eigenvalue weighted by Crippen LogP contribution is -2.12. The summed E-state index contributed by atoms with van der Waals surface area (Å²) in [5, 5.41) is 22.0. The van der Waals surface area contributed by atoms with Crippen molar-refractivity contribution < 1.29 is 14.6 Å². The van der Waals surface area contributed by atoms with Crippen molar-refractivity contribution in [2.24, 2.45) is 0 Å². The molecule has 0 amide bonds. The summed E-state index contributed by atoms with van der Waals surface area (Å²) in [6, 6.07) is 13.2. The maximum absolute atomic E-state index is 11.0. The zero-order valence-corrected chi connectivity index (χ0v) is 18.4. The maximum Gasteiger partial charge on any atom is 0.269 e. The number of nitrogens with zero attached hydrogens (tertiary/aromatic N) is 2. The van der Waals surface area contributed by atoms with Gasteiger partial charge in [-0.3, -0.25) is 20.2 Å². The van der Waals surface area contributed by atoms with Crippen molar-refractivity contribution in [2.75, 3.05) is 0 Å². The Morgan fingerprint density at radius 2 is 1.03 bits per heavy atom. The maximum atomic E-state index is 11.0. The van der Waals surface area contributed by atoms with E-state index in [9.17, 15) is 20.2 Å². The molecule has 0 fully saturated rings. The van der Waals surface area contributed by atoms with Crippen LogP contribution in [0.1, 0.15) is 88.5 Å². The first-order chi connectivity index (χ1) is 15.0. The highest BCUT2D eigenvalue weighted by molar-refractivity contribution is 5.35. The van der Waals surface area contributed by atoms with Crippen LogP contribution in [0.5, 0.6) is 0 Å². The predicted octanol–water partition coefficient (Wildman–Crippen LogP) is 7.46. The Labute approximate surface area is 183 Å². The van der Waals surface area contributed by atoms with E-state index in [-0.39, 0.29) is 23.6 Å². The molecule has 2 rings (SSSR count). The molecule has 2 unspecified atom stereocenters. The molecule has 0 aliphatic heterocycles. The Kier molecular flexibility index (Phi) is 10.1. The molecule has 31 heavy (non-hydrogen) atoms. The van der Waals surface area contributed by atoms with Gasteiger partial charge in [0.05, 0.1) is 22.1 Å². The van der Waals surface area contributed by atoms with Gasteiger partial charge in [-0.1, -0.05) is 52.4 Å². The number of hydrogen-bond donors (Lipinski definition) is 0. The third-order valence-electron chi connectivity index (χ3n) is 5.42. The van der Waals surface area contributed by atoms with Gasteiger partial charge >= 0.3 is 0 Å². The van der Waals surface area contributed by atoms with Crippen LogP contribution in [-0.4, -0.2) is 9.85 Å². The van der Waals surface area contributed by atoms with E-state index in [0.29, 0.717) is 0 Å². The molecule has 0 N–H and O–H groups in total. The lowest BCUT2D eigenvalue weighted by molar-refractivity contribution is -0.385. The first kappa shape index (κ1) is 24.5. The zero-order valence-electron chi connectivity index (χ0n) is 18.4. The Balaban J connectivity index is 2.26. The van der Waals surface area contributed by atoms with Crippen molar-refractivity contribution in [3.8, 4) is 0 Å². The van der Waals surface area contributed by atoms with E-state index in [2.05, 4.69) is 13.8 Å². The zero-order chi connectivity index (χ0) is 22.6. The highest BCUT2D eigenvalue weighted by atomic mass is 16.6. The van der Waals surface area contributed by atoms with Crippen LogP contribution >= 0.6 is 0 Å². The molecule has 0 saturated carbocycles. The van der Waals surface area contributed by atoms with E-state index < -0.39 is 9.85 Å². The van der Waals surface area contributed by atoms with Gasteiger partial charge in [0.1, 0.15) is 0 Å². The van der Waals surface area contributed by atoms with Gasteiger partial charge in [0, 0.05) is 24.3 Å². The van der Waals surface area contributed by atoms with Crippen molar-refractivity contribution in [3.63, 3.8) is 0 Å². The third-order valence-corrected chi connectivity index (χ3v) is 5.42. The number of unbranched alkanes of at least 4 members (excludes halogenated alkanes) is 4. The van der Waals surface area contributed by atoms with Gasteiger partial charge in [0.2, 0.25) is 0 Å². The molecule has 2 atom stereocenters. The summed E-state index contributed by atoms with van der Waals surface area (Å²) in [6.07, 6.45) is 7.63. The number of benzene rings is 2. The molecule has 0 bridgehead atoms. The smallest absolute Gasteiger partial charge is 0.269 e. The minimum atomic E-state index is -0.402. The average Bonchev–Trinajstić information content (AvgIpc) is 2.77. The summed E-state index contributed by atoms with van der Waals surface area (Å²) in [5.41, 5.74) is 1.96. The monoisotopic (exact) mass is 428 g/mol. The van der Waals surface area contributed by atoms with Gasteiger partial charge < -0.3 is 4.74 Å². The van der Waals surface area contributed by atoms with Gasteiger partial charge in [-0.2, -0.15) is 0 Å². The molecular formula is C24H32N2O5. The van der Waals surface area contributed by atoms with E-state index in [1.807, 2.05) is 0 Å². The molecule has 0 saturated heterocycles. The lowest BCUT2D eigenvalue weighted by Gasteiger charge is -2.26. The molecule has 168 valence electrons. The second-order valence-corrected chi connectivity index (χ2v) is 7.80. The predicted molar refractivity (Wildman–Crippen MR) is 121 cm³/mol. The SMILES string of the molecule is CCCCCC(OC(CCCCC)c1ccc([N+](=O)[O-])cc1)c1ccc([N+](=O)[O-])cc1. The van der Waals surface area contributed by atoms with Crippen LogP contribution in [0.2, 0.25) is 0 Å². The third kappa shape index (κ3) is 7.75. The summed E-state index contributed by atoms with van der Waals surface area (Å²) < 4.78 is 6.58. The average molecular weight is 429 g/mol. The van der Waals surface area contributed by atoms with Crippen molar-refractivity contribution in [1.82, 2.24) is 0 Å². The molecule has 0 aromatic heterocycles. The number of nitro groups is 2. The molecule has 7 heteroatoms. The normalized spacial score (nSPS) is 13.0. The molecule has 2 aromatic carbocycles. The highest BCUT2D eigenvalue weighted by Gasteiger charge is 2.21. The van der Waals surface area contributed by atoms with Gasteiger partial charge in [-0.25, -0.2) is 0 Å². The van der Waals surface area contributed by atoms with Gasteiger partial charge in [0.25, 0.3) is 11.4 Å². The number of rotatable bonds is 14. The van der Waals surface area contributed by atoms with E-state index in [0.717, 1.165) is 62.5 Å². The summed E-state index contributed by atoms with van der Waals surface area (Å²) in [7, 11) is 0. The molecule has 0 aliphatic rings. The van der Waals surface area contributed by atoms with Crippen molar-refractivity contribution in [1.29, 1.82) is 0 Å². The van der Waals surface area contributed by atoms with Crippen LogP contribution in [-0.2, 0) is 4.74 Å². The number of nitro benzene ring substituents is 2. The number of non-ortho nitro benzene ring substituents is 2. The molecule has 2 aromatic rings. The minimum Gasteiger partial charge on any atom is -0.366 e. The summed E-state index contributed by atoms with van der Waals surface area (Å²) in [5.74, 6) is 0. The molecule has 0 spiro atoms. The van der Waals surface area contributed by atoms with Crippen molar-refractivity contribution >= 4 is 11.4 Å². The summed E-state index contributed by atoms with van der Waals surface area (Å²) in [6.45, 7) is 4.29. The second kappa shape index (κ2) is 12.8. The van der Waals surface area contributed by atoms with E-state index in [4.69, 9.17) is 4.74 Å². The van der Waals surface area contributed by atoms with Crippen LogP contribution in [0.15, 0.2) is 48.5 Å². The fourth-order valence-electron chi connectivity index (χ4n) is 3.61. The summed E-state index contributed by atoms with van der Waals surface area (Å²) >= 11 is 0. The van der Waals surface area contributed by atoms with E-state index in [1.165, 1.54) is 24.3 Å². The molecule has 0 heterocycles. The van der Waals surface area contributed by atoms with E-state index >= 15 is 0 Å². The quantitative estimate of drug-likeness (QED) is 0.177. The number of hydrogen-bond acceptors (Lipinski definition) is 5. The van der Waals surface area contributed by atoms with Crippen LogP contribution in [0.3, 0.4) is 0 Å². The molecular weight excluding hydrogens is 396 g/mol. The molecule has 7 nitrogen and oxygen atoms in total. The van der Waals surface area contributed by atoms with Crippen molar-refractivity contribution in [2.45, 2.75) is 77.4 Å². The molecule has 0 radical (unpaired) electrons. The van der Waals surface area contributed by atoms with Gasteiger partial charge in [0.15, 0.2) is 0 Å². The van der Waals surface area contributed by atoms with E-state index in [1.54, 1.807) is 24.3 Å². The van der Waals surface area contributed by atoms with Crippen LogP contribution in [0.25, 0.3) is 0 Å². The Morgan fingerprint density at radius 3 is 1.32 bits per heavy atom. The first-order valence-corrected chi connectivity index (χ1v) is 11.1. The Bertz CT molecular complexity index is 751.